The van der Waals surface area contributed by atoms with Crippen molar-refractivity contribution in [2.24, 2.45) is 0 Å². The molecule has 0 saturated carbocycles. The summed E-state index contributed by atoms with van der Waals surface area (Å²) in [7, 11) is 14.6. The Bertz CT molecular complexity index is 1050. The predicted octanol–water partition coefficient (Wildman–Crippen LogP) is 2.82. The fraction of sp³-hybridized carbons (Fsp3) is 0.780. The largest absolute Gasteiger partial charge is 0.469 e. The second kappa shape index (κ2) is 70.9. The van der Waals surface area contributed by atoms with Crippen LogP contribution in [0.25, 0.3) is 0 Å². The standard InChI is InChI=1S/C11H20N2O3.C6H11NO3.C6H12O2.C5H10O2.C4H8O2.C3H6O2.C2H7N.C2H6O.C2H6S/c1-8(14)11(13-10(3)16)6-4-5-7-12-9(2)15;1-5(8)3-10-4-6(9)7-2;1-6(7)4-3-5-8-2;1-5(6)3-4-7-2;1-4(5)3-6-2;1-3(4)5-2;3*1-3-2/h11H,4-7H2,1-3H3,(H,12,15)(H,13,16);3-4H2,1-2H3,(H,7,9);3-5H2,1-2H3;3-4H2,1-2H3;3H2,1-2H3;1-2H3;3H,1-2H3;2*1-2H3. The molecule has 0 aliphatic heterocycles. The van der Waals surface area contributed by atoms with Crippen molar-refractivity contribution < 1.29 is 71.6 Å². The summed E-state index contributed by atoms with van der Waals surface area (Å²) < 4.78 is 26.9. The van der Waals surface area contributed by atoms with E-state index >= 15 is 0 Å². The van der Waals surface area contributed by atoms with Gasteiger partial charge in [0.1, 0.15) is 31.4 Å². The van der Waals surface area contributed by atoms with Gasteiger partial charge in [-0.15, -0.1) is 0 Å². The number of ether oxygens (including phenoxy) is 6. The minimum absolute atomic E-state index is 0.00736. The van der Waals surface area contributed by atoms with E-state index in [1.54, 1.807) is 54.0 Å². The van der Waals surface area contributed by atoms with E-state index in [0.717, 1.165) is 19.3 Å². The highest BCUT2D eigenvalue weighted by Gasteiger charge is 2.14. The number of thioether (sulfide) groups is 1. The van der Waals surface area contributed by atoms with Crippen LogP contribution in [-0.4, -0.2) is 175 Å². The van der Waals surface area contributed by atoms with Gasteiger partial charge in [-0.1, -0.05) is 0 Å². The average molecular weight is 907 g/mol. The van der Waals surface area contributed by atoms with Crippen molar-refractivity contribution in [3.8, 4) is 0 Å². The van der Waals surface area contributed by atoms with Gasteiger partial charge in [0.05, 0.1) is 19.8 Å². The molecule has 0 aromatic carbocycles. The van der Waals surface area contributed by atoms with Crippen molar-refractivity contribution in [3.63, 3.8) is 0 Å². The van der Waals surface area contributed by atoms with Crippen LogP contribution in [0.2, 0.25) is 0 Å². The lowest BCUT2D eigenvalue weighted by molar-refractivity contribution is -0.138. The van der Waals surface area contributed by atoms with Crippen LogP contribution in [0.4, 0.5) is 0 Å². The zero-order chi connectivity index (χ0) is 50.0. The van der Waals surface area contributed by atoms with Crippen molar-refractivity contribution in [2.45, 2.75) is 100.0 Å². The minimum Gasteiger partial charge on any atom is -0.469 e. The molecule has 0 aliphatic rings. The molecule has 0 heterocycles. The molecule has 1 unspecified atom stereocenters. The number of unbranched alkanes of at least 4 members (excludes halogenated alkanes) is 1. The van der Waals surface area contributed by atoms with Gasteiger partial charge in [-0.3, -0.25) is 38.4 Å². The maximum absolute atomic E-state index is 11.2. The molecule has 0 radical (unpaired) electrons. The second-order valence-electron chi connectivity index (χ2n) is 12.1. The summed E-state index contributed by atoms with van der Waals surface area (Å²) in [5.41, 5.74) is 0. The summed E-state index contributed by atoms with van der Waals surface area (Å²) in [6, 6.07) is -0.394. The third-order valence-corrected chi connectivity index (χ3v) is 5.15. The predicted molar refractivity (Wildman–Crippen MR) is 243 cm³/mol. The van der Waals surface area contributed by atoms with E-state index in [4.69, 9.17) is 4.74 Å². The third kappa shape index (κ3) is 141. The number of carbonyl (C=O) groups is 9. The molecule has 366 valence electrons. The lowest BCUT2D eigenvalue weighted by atomic mass is 10.1. The first-order valence-corrected chi connectivity index (χ1v) is 20.7. The third-order valence-electron chi connectivity index (χ3n) is 5.15. The Morgan fingerprint density at radius 3 is 1.23 bits per heavy atom. The van der Waals surface area contributed by atoms with E-state index in [2.05, 4.69) is 45.0 Å². The van der Waals surface area contributed by atoms with Crippen molar-refractivity contribution in [1.29, 1.82) is 0 Å². The molecule has 61 heavy (non-hydrogen) atoms. The van der Waals surface area contributed by atoms with Gasteiger partial charge in [-0.2, -0.15) is 11.8 Å². The second-order valence-corrected chi connectivity index (χ2v) is 12.9. The summed E-state index contributed by atoms with van der Waals surface area (Å²) in [5.74, 6) is -0.335. The highest BCUT2D eigenvalue weighted by Crippen LogP contribution is 2.02. The number of Topliss-reactive ketones (excluding diaryl/α,β-unsaturated/α-hetero) is 5. The molecular weight excluding hydrogens is 821 g/mol. The fourth-order valence-electron chi connectivity index (χ4n) is 2.63. The van der Waals surface area contributed by atoms with Gasteiger partial charge in [0, 0.05) is 89.4 Å². The van der Waals surface area contributed by atoms with Gasteiger partial charge in [0.25, 0.3) is 0 Å². The van der Waals surface area contributed by atoms with Gasteiger partial charge in [0.2, 0.25) is 17.7 Å². The summed E-state index contributed by atoms with van der Waals surface area (Å²) in [6.45, 7) is 13.8. The SMILES string of the molecule is CC(=O)NCCCCC(NC(C)=O)C(C)=O.CNC.CNC(=O)COCC(C)=O.COC.COC(C)=O.COCC(C)=O.COCCC(C)=O.COCCCC(C)=O.CSC. The first-order valence-electron chi connectivity index (χ1n) is 19.1. The summed E-state index contributed by atoms with van der Waals surface area (Å²) in [6.07, 6.45) is 8.35. The number of nitrogens with one attached hydrogen (secondary N) is 4. The van der Waals surface area contributed by atoms with Gasteiger partial charge in [-0.25, -0.2) is 0 Å². The van der Waals surface area contributed by atoms with Gasteiger partial charge < -0.3 is 54.5 Å². The molecule has 19 nitrogen and oxygen atoms in total. The molecule has 0 rings (SSSR count). The molecule has 0 aliphatic carbocycles. The Labute approximate surface area is 372 Å². The van der Waals surface area contributed by atoms with E-state index < -0.39 is 6.04 Å². The topological polar surface area (TPSA) is 257 Å². The fourth-order valence-corrected chi connectivity index (χ4v) is 2.63. The molecule has 3 amide bonds. The van der Waals surface area contributed by atoms with Crippen LogP contribution in [0.5, 0.6) is 0 Å². The van der Waals surface area contributed by atoms with Crippen molar-refractivity contribution >= 4 is 64.4 Å². The number of methoxy groups -OCH3 is 5. The number of hydrogen-bond acceptors (Lipinski definition) is 17. The van der Waals surface area contributed by atoms with Crippen LogP contribution < -0.4 is 21.3 Å². The Morgan fingerprint density at radius 1 is 0.557 bits per heavy atom. The molecule has 4 N–H and O–H groups in total. The van der Waals surface area contributed by atoms with Crippen molar-refractivity contribution in [2.75, 3.05) is 116 Å². The summed E-state index contributed by atoms with van der Waals surface area (Å²) in [4.78, 5) is 93.2. The zero-order valence-corrected chi connectivity index (χ0v) is 41.9. The molecule has 0 spiro atoms. The van der Waals surface area contributed by atoms with E-state index in [1.807, 2.05) is 26.6 Å². The minimum atomic E-state index is -0.394. The molecule has 0 saturated heterocycles. The number of likely N-dealkylation sites (N-methyl/N-ethyl adjacent to an activating group) is 1. The Hall–Kier alpha value is -3.66. The Kier molecular flexibility index (Phi) is 90.5. The van der Waals surface area contributed by atoms with Crippen LogP contribution in [0.3, 0.4) is 0 Å². The molecule has 20 heteroatoms. The normalized spacial score (nSPS) is 9.03. The molecule has 1 atom stereocenters. The molecule has 0 bridgehead atoms. The van der Waals surface area contributed by atoms with Gasteiger partial charge >= 0.3 is 5.97 Å². The lowest BCUT2D eigenvalue weighted by Gasteiger charge is -2.14. The maximum atomic E-state index is 11.2. The van der Waals surface area contributed by atoms with E-state index in [1.165, 1.54) is 62.8 Å². The number of rotatable bonds is 20. The Morgan fingerprint density at radius 2 is 0.984 bits per heavy atom. The molecule has 0 fully saturated rings. The first-order chi connectivity index (χ1) is 28.4. The van der Waals surface area contributed by atoms with E-state index in [9.17, 15) is 43.2 Å². The molecule has 0 aromatic rings. The van der Waals surface area contributed by atoms with E-state index in [-0.39, 0.29) is 72.4 Å². The van der Waals surface area contributed by atoms with Crippen molar-refractivity contribution in [3.05, 3.63) is 0 Å². The summed E-state index contributed by atoms with van der Waals surface area (Å²) in [5, 5.41) is 10.4. The van der Waals surface area contributed by atoms with Crippen LogP contribution in [0, 0.1) is 0 Å². The zero-order valence-electron chi connectivity index (χ0n) is 41.1. The smallest absolute Gasteiger partial charge is 0.302 e. The van der Waals surface area contributed by atoms with Gasteiger partial charge in [0.15, 0.2) is 17.3 Å². The summed E-state index contributed by atoms with van der Waals surface area (Å²) >= 11 is 1.75. The highest BCUT2D eigenvalue weighted by molar-refractivity contribution is 7.97. The van der Waals surface area contributed by atoms with Crippen LogP contribution in [0.1, 0.15) is 93.9 Å². The van der Waals surface area contributed by atoms with Crippen molar-refractivity contribution in [1.82, 2.24) is 21.3 Å². The van der Waals surface area contributed by atoms with Crippen LogP contribution in [0.15, 0.2) is 0 Å². The molecular formula is C41H86N4O15S. The number of amides is 3. The molecule has 0 aromatic heterocycles. The van der Waals surface area contributed by atoms with Crippen LogP contribution >= 0.6 is 11.8 Å². The number of esters is 1. The number of carbonyl (C=O) groups excluding carboxylic acids is 9. The Balaban J connectivity index is -0.0000000757. The van der Waals surface area contributed by atoms with Crippen LogP contribution in [-0.2, 0) is 71.6 Å². The van der Waals surface area contributed by atoms with Gasteiger partial charge in [-0.05, 0) is 86.9 Å². The monoisotopic (exact) mass is 907 g/mol. The average Bonchev–Trinajstić information content (AvgIpc) is 3.15. The highest BCUT2D eigenvalue weighted by atomic mass is 32.2. The number of hydrogen-bond donors (Lipinski definition) is 4. The lowest BCUT2D eigenvalue weighted by Crippen LogP contribution is -2.38. The van der Waals surface area contributed by atoms with E-state index in [0.29, 0.717) is 39.0 Å². The maximum Gasteiger partial charge on any atom is 0.302 e. The first kappa shape index (κ1) is 77.9. The number of ketones is 5. The quantitative estimate of drug-likeness (QED) is 0.101.